The topological polar surface area (TPSA) is 87.1 Å². The van der Waals surface area contributed by atoms with Crippen molar-refractivity contribution in [2.45, 2.75) is 6.92 Å². The van der Waals surface area contributed by atoms with Gasteiger partial charge in [0.1, 0.15) is 11.5 Å². The van der Waals surface area contributed by atoms with Crippen LogP contribution in [-0.2, 0) is 0 Å². The molecule has 3 aromatic rings. The lowest BCUT2D eigenvalue weighted by Gasteiger charge is -2.35. The van der Waals surface area contributed by atoms with E-state index in [0.29, 0.717) is 17.3 Å². The number of piperazine rings is 1. The van der Waals surface area contributed by atoms with Crippen molar-refractivity contribution in [1.82, 2.24) is 19.9 Å². The summed E-state index contributed by atoms with van der Waals surface area (Å²) in [6.07, 6.45) is 6.72. The van der Waals surface area contributed by atoms with Gasteiger partial charge in [0.05, 0.1) is 18.1 Å². The number of amides is 1. The van der Waals surface area contributed by atoms with Crippen molar-refractivity contribution in [3.8, 4) is 0 Å². The fraction of sp³-hybridized carbons (Fsp3) is 0.250. The van der Waals surface area contributed by atoms with Crippen LogP contribution in [0.1, 0.15) is 16.1 Å². The predicted octanol–water partition coefficient (Wildman–Crippen LogP) is 2.15. The Morgan fingerprint density at radius 2 is 1.64 bits per heavy atom. The van der Waals surface area contributed by atoms with Gasteiger partial charge in [0.25, 0.3) is 5.91 Å². The maximum absolute atomic E-state index is 12.2. The third-order valence-corrected chi connectivity index (χ3v) is 4.58. The molecular formula is C20H21N7O. The summed E-state index contributed by atoms with van der Waals surface area (Å²) in [4.78, 5) is 34.0. The summed E-state index contributed by atoms with van der Waals surface area (Å²) in [7, 11) is 0. The molecule has 1 aliphatic rings. The van der Waals surface area contributed by atoms with Crippen LogP contribution in [0.25, 0.3) is 0 Å². The molecular weight excluding hydrogens is 354 g/mol. The van der Waals surface area contributed by atoms with E-state index in [4.69, 9.17) is 0 Å². The molecule has 1 aliphatic heterocycles. The SMILES string of the molecule is Cc1ccc(C(=O)Nc2cnc(N3CCN(c4ccccn4)CC3)nc2)nc1. The van der Waals surface area contributed by atoms with Crippen molar-refractivity contribution >= 4 is 23.4 Å². The van der Waals surface area contributed by atoms with E-state index < -0.39 is 0 Å². The minimum absolute atomic E-state index is 0.277. The van der Waals surface area contributed by atoms with Crippen LogP contribution in [-0.4, -0.2) is 52.0 Å². The molecule has 0 spiro atoms. The standard InChI is InChI=1S/C20H21N7O/c1-15-5-6-17(22-12-15)19(28)25-16-13-23-20(24-14-16)27-10-8-26(9-11-27)18-4-2-3-7-21-18/h2-7,12-14H,8-11H2,1H3,(H,25,28). The maximum atomic E-state index is 12.2. The molecule has 8 heteroatoms. The van der Waals surface area contributed by atoms with Gasteiger partial charge in [0.2, 0.25) is 5.95 Å². The number of rotatable bonds is 4. The molecule has 1 fully saturated rings. The lowest BCUT2D eigenvalue weighted by Crippen LogP contribution is -2.47. The first-order chi connectivity index (χ1) is 13.7. The Bertz CT molecular complexity index is 921. The normalized spacial score (nSPS) is 14.0. The van der Waals surface area contributed by atoms with Gasteiger partial charge in [-0.3, -0.25) is 9.78 Å². The number of pyridine rings is 2. The molecule has 28 heavy (non-hydrogen) atoms. The highest BCUT2D eigenvalue weighted by molar-refractivity contribution is 6.02. The lowest BCUT2D eigenvalue weighted by atomic mass is 10.2. The summed E-state index contributed by atoms with van der Waals surface area (Å²) in [5.74, 6) is 1.37. The molecule has 0 bridgehead atoms. The first-order valence-corrected chi connectivity index (χ1v) is 9.16. The highest BCUT2D eigenvalue weighted by Gasteiger charge is 2.19. The van der Waals surface area contributed by atoms with Gasteiger partial charge in [-0.15, -0.1) is 0 Å². The second-order valence-corrected chi connectivity index (χ2v) is 6.61. The smallest absolute Gasteiger partial charge is 0.274 e. The quantitative estimate of drug-likeness (QED) is 0.748. The van der Waals surface area contributed by atoms with Crippen LogP contribution in [0.3, 0.4) is 0 Å². The molecule has 4 heterocycles. The van der Waals surface area contributed by atoms with Gasteiger partial charge in [-0.2, -0.15) is 0 Å². The maximum Gasteiger partial charge on any atom is 0.274 e. The van der Waals surface area contributed by atoms with Crippen molar-refractivity contribution < 1.29 is 4.79 Å². The van der Waals surface area contributed by atoms with Gasteiger partial charge < -0.3 is 15.1 Å². The predicted molar refractivity (Wildman–Crippen MR) is 108 cm³/mol. The minimum atomic E-state index is -0.277. The van der Waals surface area contributed by atoms with E-state index in [9.17, 15) is 4.79 Å². The van der Waals surface area contributed by atoms with E-state index in [2.05, 4.69) is 35.1 Å². The minimum Gasteiger partial charge on any atom is -0.353 e. The van der Waals surface area contributed by atoms with Crippen LogP contribution in [0.4, 0.5) is 17.5 Å². The van der Waals surface area contributed by atoms with E-state index in [0.717, 1.165) is 37.6 Å². The molecule has 0 atom stereocenters. The number of nitrogens with zero attached hydrogens (tertiary/aromatic N) is 6. The summed E-state index contributed by atoms with van der Waals surface area (Å²) >= 11 is 0. The van der Waals surface area contributed by atoms with Crippen LogP contribution in [0, 0.1) is 6.92 Å². The Morgan fingerprint density at radius 3 is 2.29 bits per heavy atom. The number of anilines is 3. The van der Waals surface area contributed by atoms with Gasteiger partial charge >= 0.3 is 0 Å². The number of carbonyl (C=O) groups excluding carboxylic acids is 1. The van der Waals surface area contributed by atoms with Crippen molar-refractivity contribution in [2.75, 3.05) is 41.3 Å². The van der Waals surface area contributed by atoms with Crippen molar-refractivity contribution in [3.05, 3.63) is 66.4 Å². The van der Waals surface area contributed by atoms with Crippen LogP contribution in [0.5, 0.6) is 0 Å². The Kier molecular flexibility index (Phi) is 5.09. The number of nitrogens with one attached hydrogen (secondary N) is 1. The summed E-state index contributed by atoms with van der Waals surface area (Å²) in [5.41, 5.74) is 1.91. The molecule has 8 nitrogen and oxygen atoms in total. The van der Waals surface area contributed by atoms with Gasteiger partial charge in [-0.05, 0) is 30.7 Å². The molecule has 1 N–H and O–H groups in total. The van der Waals surface area contributed by atoms with E-state index in [1.807, 2.05) is 37.4 Å². The lowest BCUT2D eigenvalue weighted by molar-refractivity contribution is 0.102. The summed E-state index contributed by atoms with van der Waals surface area (Å²) in [6.45, 7) is 5.28. The molecule has 0 aromatic carbocycles. The number of hydrogen-bond acceptors (Lipinski definition) is 7. The van der Waals surface area contributed by atoms with E-state index in [-0.39, 0.29) is 5.91 Å². The monoisotopic (exact) mass is 375 g/mol. The zero-order chi connectivity index (χ0) is 19.3. The molecule has 1 amide bonds. The van der Waals surface area contributed by atoms with Gasteiger partial charge in [-0.25, -0.2) is 15.0 Å². The molecule has 0 aliphatic carbocycles. The molecule has 4 rings (SSSR count). The average Bonchev–Trinajstić information content (AvgIpc) is 2.75. The molecule has 142 valence electrons. The van der Waals surface area contributed by atoms with Crippen molar-refractivity contribution in [1.29, 1.82) is 0 Å². The fourth-order valence-electron chi connectivity index (χ4n) is 3.02. The second kappa shape index (κ2) is 7.99. The largest absolute Gasteiger partial charge is 0.353 e. The van der Waals surface area contributed by atoms with Gasteiger partial charge in [0.15, 0.2) is 0 Å². The molecule has 0 unspecified atom stereocenters. The van der Waals surface area contributed by atoms with Crippen LogP contribution < -0.4 is 15.1 Å². The summed E-state index contributed by atoms with van der Waals surface area (Å²) < 4.78 is 0. The van der Waals surface area contributed by atoms with E-state index in [1.165, 1.54) is 0 Å². The third kappa shape index (κ3) is 4.06. The van der Waals surface area contributed by atoms with Crippen molar-refractivity contribution in [2.24, 2.45) is 0 Å². The second-order valence-electron chi connectivity index (χ2n) is 6.61. The molecule has 0 radical (unpaired) electrons. The number of aromatic nitrogens is 4. The number of hydrogen-bond donors (Lipinski definition) is 1. The number of aryl methyl sites for hydroxylation is 1. The number of carbonyl (C=O) groups is 1. The first kappa shape index (κ1) is 17.8. The highest BCUT2D eigenvalue weighted by atomic mass is 16.1. The zero-order valence-corrected chi connectivity index (χ0v) is 15.6. The van der Waals surface area contributed by atoms with Gasteiger partial charge in [0, 0.05) is 38.6 Å². The molecule has 1 saturated heterocycles. The van der Waals surface area contributed by atoms with Crippen LogP contribution in [0.15, 0.2) is 55.1 Å². The Balaban J connectivity index is 1.35. The molecule has 0 saturated carbocycles. The summed E-state index contributed by atoms with van der Waals surface area (Å²) in [5, 5.41) is 2.77. The first-order valence-electron chi connectivity index (χ1n) is 9.16. The van der Waals surface area contributed by atoms with E-state index in [1.54, 1.807) is 24.7 Å². The zero-order valence-electron chi connectivity index (χ0n) is 15.6. The highest BCUT2D eigenvalue weighted by Crippen LogP contribution is 2.17. The third-order valence-electron chi connectivity index (χ3n) is 4.58. The van der Waals surface area contributed by atoms with E-state index >= 15 is 0 Å². The van der Waals surface area contributed by atoms with Crippen molar-refractivity contribution in [3.63, 3.8) is 0 Å². The average molecular weight is 375 g/mol. The van der Waals surface area contributed by atoms with Crippen LogP contribution in [0.2, 0.25) is 0 Å². The molecule has 3 aromatic heterocycles. The Hall–Kier alpha value is -3.55. The Morgan fingerprint density at radius 1 is 0.893 bits per heavy atom. The summed E-state index contributed by atoms with van der Waals surface area (Å²) in [6, 6.07) is 9.49. The fourth-order valence-corrected chi connectivity index (χ4v) is 3.02. The van der Waals surface area contributed by atoms with Gasteiger partial charge in [-0.1, -0.05) is 12.1 Å². The Labute approximate surface area is 163 Å². The van der Waals surface area contributed by atoms with Crippen LogP contribution >= 0.6 is 0 Å².